The van der Waals surface area contributed by atoms with Gasteiger partial charge in [0, 0.05) is 30.9 Å². The van der Waals surface area contributed by atoms with E-state index in [0.29, 0.717) is 0 Å². The molecule has 0 bridgehead atoms. The molecule has 2 heterocycles. The van der Waals surface area contributed by atoms with Crippen molar-refractivity contribution in [2.24, 2.45) is 0 Å². The van der Waals surface area contributed by atoms with Gasteiger partial charge in [-0.2, -0.15) is 0 Å². The Morgan fingerprint density at radius 1 is 1.24 bits per heavy atom. The van der Waals surface area contributed by atoms with Gasteiger partial charge in [-0.15, -0.1) is 0 Å². The number of hydrogen-bond donors (Lipinski definition) is 2. The van der Waals surface area contributed by atoms with Crippen LogP contribution in [0.25, 0.3) is 6.08 Å². The monoisotopic (exact) mass is 338 g/mol. The van der Waals surface area contributed by atoms with E-state index in [4.69, 9.17) is 0 Å². The number of aromatic amines is 1. The first-order valence-electron chi connectivity index (χ1n) is 9.04. The summed E-state index contributed by atoms with van der Waals surface area (Å²) >= 11 is 0. The van der Waals surface area contributed by atoms with E-state index >= 15 is 0 Å². The van der Waals surface area contributed by atoms with Crippen LogP contribution in [-0.4, -0.2) is 47.0 Å². The molecule has 2 N–H and O–H groups in total. The summed E-state index contributed by atoms with van der Waals surface area (Å²) < 4.78 is 0. The van der Waals surface area contributed by atoms with Crippen molar-refractivity contribution in [1.29, 1.82) is 0 Å². The first-order chi connectivity index (χ1) is 12.3. The maximum atomic E-state index is 11.9. The number of carbonyl (C=O) groups is 1. The van der Waals surface area contributed by atoms with E-state index in [0.717, 1.165) is 37.2 Å². The molecule has 1 fully saturated rings. The number of imidazole rings is 1. The van der Waals surface area contributed by atoms with Crippen molar-refractivity contribution < 1.29 is 4.79 Å². The number of H-pyrrole nitrogens is 1. The molecule has 1 amide bonds. The van der Waals surface area contributed by atoms with Crippen LogP contribution < -0.4 is 5.32 Å². The number of rotatable bonds is 8. The van der Waals surface area contributed by atoms with Gasteiger partial charge >= 0.3 is 0 Å². The van der Waals surface area contributed by atoms with Crippen LogP contribution in [0.2, 0.25) is 0 Å². The highest BCUT2D eigenvalue weighted by atomic mass is 16.1. The maximum Gasteiger partial charge on any atom is 0.243 e. The standard InChI is InChI=1S/C20H26N4O/c25-20(22-10-3-13-24-11-1-2-12-24)9-8-17-4-6-18(7-5-17)14-19-15-21-16-23-19/h4-9,15-16H,1-3,10-14H2,(H,21,23)(H,22,25)/b9-8+. The van der Waals surface area contributed by atoms with E-state index in [1.807, 2.05) is 24.4 Å². The number of likely N-dealkylation sites (tertiary alicyclic amines) is 1. The molecule has 2 aromatic rings. The topological polar surface area (TPSA) is 61.0 Å². The van der Waals surface area contributed by atoms with E-state index in [9.17, 15) is 4.79 Å². The molecule has 0 unspecified atom stereocenters. The second-order valence-corrected chi connectivity index (χ2v) is 6.52. The van der Waals surface area contributed by atoms with Crippen LogP contribution in [0.15, 0.2) is 42.9 Å². The Kier molecular flexibility index (Phi) is 6.40. The van der Waals surface area contributed by atoms with Gasteiger partial charge in [0.05, 0.1) is 6.33 Å². The summed E-state index contributed by atoms with van der Waals surface area (Å²) in [5.74, 6) is -0.0250. The first-order valence-corrected chi connectivity index (χ1v) is 9.04. The second kappa shape index (κ2) is 9.18. The highest BCUT2D eigenvalue weighted by molar-refractivity contribution is 5.91. The molecule has 132 valence electrons. The summed E-state index contributed by atoms with van der Waals surface area (Å²) in [7, 11) is 0. The average Bonchev–Trinajstić information content (AvgIpc) is 3.32. The van der Waals surface area contributed by atoms with Gasteiger partial charge in [0.2, 0.25) is 5.91 Å². The maximum absolute atomic E-state index is 11.9. The number of nitrogens with one attached hydrogen (secondary N) is 2. The largest absolute Gasteiger partial charge is 0.353 e. The summed E-state index contributed by atoms with van der Waals surface area (Å²) in [5, 5.41) is 2.95. The summed E-state index contributed by atoms with van der Waals surface area (Å²) in [6, 6.07) is 8.22. The summed E-state index contributed by atoms with van der Waals surface area (Å²) in [6.07, 6.45) is 11.5. The zero-order chi connectivity index (χ0) is 17.3. The van der Waals surface area contributed by atoms with Gasteiger partial charge in [-0.25, -0.2) is 4.98 Å². The predicted molar refractivity (Wildman–Crippen MR) is 100 cm³/mol. The Hall–Kier alpha value is -2.40. The minimum atomic E-state index is -0.0250. The summed E-state index contributed by atoms with van der Waals surface area (Å²) in [5.41, 5.74) is 3.34. The van der Waals surface area contributed by atoms with Gasteiger partial charge in [-0.1, -0.05) is 24.3 Å². The number of amides is 1. The quantitative estimate of drug-likeness (QED) is 0.574. The second-order valence-electron chi connectivity index (χ2n) is 6.52. The van der Waals surface area contributed by atoms with Crippen LogP contribution >= 0.6 is 0 Å². The van der Waals surface area contributed by atoms with E-state index in [1.54, 1.807) is 12.4 Å². The number of hydrogen-bond acceptors (Lipinski definition) is 3. The number of aromatic nitrogens is 2. The smallest absolute Gasteiger partial charge is 0.243 e. The van der Waals surface area contributed by atoms with Crippen molar-refractivity contribution in [3.8, 4) is 0 Å². The fourth-order valence-electron chi connectivity index (χ4n) is 3.10. The van der Waals surface area contributed by atoms with Crippen molar-refractivity contribution in [2.75, 3.05) is 26.2 Å². The van der Waals surface area contributed by atoms with Gasteiger partial charge in [0.1, 0.15) is 0 Å². The molecule has 3 rings (SSSR count). The Morgan fingerprint density at radius 2 is 2.04 bits per heavy atom. The molecule has 25 heavy (non-hydrogen) atoms. The molecular formula is C20H26N4O. The van der Waals surface area contributed by atoms with Crippen molar-refractivity contribution in [2.45, 2.75) is 25.7 Å². The summed E-state index contributed by atoms with van der Waals surface area (Å²) in [4.78, 5) is 21.5. The Balaban J connectivity index is 1.37. The van der Waals surface area contributed by atoms with Gasteiger partial charge < -0.3 is 15.2 Å². The normalized spacial score (nSPS) is 15.0. The zero-order valence-electron chi connectivity index (χ0n) is 14.6. The number of benzene rings is 1. The fourth-order valence-corrected chi connectivity index (χ4v) is 3.10. The van der Waals surface area contributed by atoms with Crippen LogP contribution in [0.1, 0.15) is 36.1 Å². The van der Waals surface area contributed by atoms with Gasteiger partial charge in [-0.05, 0) is 56.1 Å². The Labute approximate surface area is 149 Å². The van der Waals surface area contributed by atoms with Crippen LogP contribution in [0.3, 0.4) is 0 Å². The molecular weight excluding hydrogens is 312 g/mol. The van der Waals surface area contributed by atoms with Crippen molar-refractivity contribution in [1.82, 2.24) is 20.2 Å². The predicted octanol–water partition coefficient (Wildman–Crippen LogP) is 2.62. The highest BCUT2D eigenvalue weighted by Gasteiger charge is 2.10. The third-order valence-corrected chi connectivity index (χ3v) is 4.51. The first kappa shape index (κ1) is 17.4. The molecule has 1 aromatic heterocycles. The fraction of sp³-hybridized carbons (Fsp3) is 0.400. The molecule has 0 radical (unpaired) electrons. The van der Waals surface area contributed by atoms with Gasteiger partial charge in [-0.3, -0.25) is 4.79 Å². The van der Waals surface area contributed by atoms with E-state index in [1.165, 1.54) is 31.5 Å². The van der Waals surface area contributed by atoms with E-state index < -0.39 is 0 Å². The lowest BCUT2D eigenvalue weighted by molar-refractivity contribution is -0.116. The van der Waals surface area contributed by atoms with Gasteiger partial charge in [0.25, 0.3) is 0 Å². The molecule has 5 heteroatoms. The molecule has 1 aliphatic heterocycles. The van der Waals surface area contributed by atoms with E-state index in [-0.39, 0.29) is 5.91 Å². The van der Waals surface area contributed by atoms with Crippen LogP contribution in [0.5, 0.6) is 0 Å². The molecule has 5 nitrogen and oxygen atoms in total. The van der Waals surface area contributed by atoms with Crippen molar-refractivity contribution in [3.05, 3.63) is 59.7 Å². The molecule has 1 aromatic carbocycles. The number of nitrogens with zero attached hydrogens (tertiary/aromatic N) is 2. The molecule has 1 aliphatic rings. The summed E-state index contributed by atoms with van der Waals surface area (Å²) in [6.45, 7) is 4.25. The lowest BCUT2D eigenvalue weighted by atomic mass is 10.1. The zero-order valence-corrected chi connectivity index (χ0v) is 14.6. The lowest BCUT2D eigenvalue weighted by Gasteiger charge is -2.13. The SMILES string of the molecule is O=C(/C=C/c1ccc(Cc2cnc[nH]2)cc1)NCCCN1CCCC1. The van der Waals surface area contributed by atoms with E-state index in [2.05, 4.69) is 32.3 Å². The van der Waals surface area contributed by atoms with Crippen LogP contribution in [0.4, 0.5) is 0 Å². The van der Waals surface area contributed by atoms with Crippen molar-refractivity contribution in [3.63, 3.8) is 0 Å². The van der Waals surface area contributed by atoms with Gasteiger partial charge in [0.15, 0.2) is 0 Å². The average molecular weight is 338 g/mol. The number of carbonyl (C=O) groups excluding carboxylic acids is 1. The third kappa shape index (κ3) is 5.87. The molecule has 1 saturated heterocycles. The third-order valence-electron chi connectivity index (χ3n) is 4.51. The Bertz CT molecular complexity index is 670. The van der Waals surface area contributed by atoms with Crippen molar-refractivity contribution >= 4 is 12.0 Å². The van der Waals surface area contributed by atoms with Crippen LogP contribution in [-0.2, 0) is 11.2 Å². The lowest BCUT2D eigenvalue weighted by Crippen LogP contribution is -2.27. The highest BCUT2D eigenvalue weighted by Crippen LogP contribution is 2.10. The molecule has 0 aliphatic carbocycles. The van der Waals surface area contributed by atoms with Crippen LogP contribution in [0, 0.1) is 0 Å². The molecule has 0 spiro atoms. The Morgan fingerprint density at radius 3 is 2.76 bits per heavy atom. The molecule has 0 saturated carbocycles. The minimum Gasteiger partial charge on any atom is -0.353 e. The minimum absolute atomic E-state index is 0.0250. The molecule has 0 atom stereocenters.